The zero-order chi connectivity index (χ0) is 24.4. The van der Waals surface area contributed by atoms with E-state index in [1.54, 1.807) is 32.1 Å². The van der Waals surface area contributed by atoms with E-state index in [1.165, 1.54) is 24.3 Å². The van der Waals surface area contributed by atoms with Gasteiger partial charge >= 0.3 is 0 Å². The Labute approximate surface area is 203 Å². The van der Waals surface area contributed by atoms with Crippen LogP contribution >= 0.6 is 22.1 Å². The summed E-state index contributed by atoms with van der Waals surface area (Å²) in [4.78, 5) is 42.4. The summed E-state index contributed by atoms with van der Waals surface area (Å²) in [5.74, 6) is -0.845. The maximum absolute atomic E-state index is 13.1. The molecule has 2 aliphatic rings. The van der Waals surface area contributed by atoms with Crippen LogP contribution in [0.3, 0.4) is 0 Å². The second kappa shape index (κ2) is 10.2. The number of fused-ring (bicyclic) bond motifs is 2. The zero-order valence-electron chi connectivity index (χ0n) is 19.0. The number of hydrogen-bond donors (Lipinski definition) is 2. The van der Waals surface area contributed by atoms with Crippen molar-refractivity contribution in [2.45, 2.75) is 63.3 Å². The number of nitrogens with zero attached hydrogens (tertiary/aromatic N) is 1. The van der Waals surface area contributed by atoms with Gasteiger partial charge in [-0.05, 0) is 45.8 Å². The molecule has 1 aromatic heterocycles. The number of ketones is 1. The molecular weight excluding hydrogens is 480 g/mol. The highest BCUT2D eigenvalue weighted by molar-refractivity contribution is 8.76. The van der Waals surface area contributed by atoms with Crippen LogP contribution in [-0.2, 0) is 24.2 Å². The van der Waals surface area contributed by atoms with Crippen LogP contribution in [0.5, 0.6) is 0 Å². The maximum atomic E-state index is 13.1. The van der Waals surface area contributed by atoms with E-state index in [1.807, 2.05) is 18.4 Å². The highest BCUT2D eigenvalue weighted by atomic mass is 33.1. The lowest BCUT2D eigenvalue weighted by Gasteiger charge is -2.36. The molecule has 1 saturated heterocycles. The second-order valence-corrected chi connectivity index (χ2v) is 12.8. The van der Waals surface area contributed by atoms with Crippen molar-refractivity contribution < 1.29 is 23.7 Å². The van der Waals surface area contributed by atoms with Crippen molar-refractivity contribution in [2.24, 2.45) is 5.92 Å². The molecule has 0 aliphatic carbocycles. The van der Waals surface area contributed by atoms with Crippen molar-refractivity contribution in [1.82, 2.24) is 10.3 Å². The molecule has 1 spiro atoms. The van der Waals surface area contributed by atoms with Gasteiger partial charge in [-0.25, -0.2) is 9.19 Å². The monoisotopic (exact) mass is 508 g/mol. The van der Waals surface area contributed by atoms with Crippen molar-refractivity contribution in [3.63, 3.8) is 0 Å². The Balaban J connectivity index is 1.99. The van der Waals surface area contributed by atoms with E-state index in [4.69, 9.17) is 0 Å². The average molecular weight is 509 g/mol. The fourth-order valence-corrected chi connectivity index (χ4v) is 8.60. The number of carbonyl (C=O) groups excluding carboxylic acids is 3. The van der Waals surface area contributed by atoms with E-state index in [-0.39, 0.29) is 24.5 Å². The second-order valence-electron chi connectivity index (χ2n) is 8.67. The average Bonchev–Trinajstić information content (AvgIpc) is 3.27. The lowest BCUT2D eigenvalue weighted by molar-refractivity contribution is -0.132. The van der Waals surface area contributed by atoms with Gasteiger partial charge in [0.25, 0.3) is 0 Å². The van der Waals surface area contributed by atoms with Gasteiger partial charge in [-0.1, -0.05) is 30.7 Å². The number of hydrogen-bond acceptors (Lipinski definition) is 8. The molecule has 1 amide bonds. The van der Waals surface area contributed by atoms with Crippen molar-refractivity contribution in [2.75, 3.05) is 0 Å². The van der Waals surface area contributed by atoms with Crippen LogP contribution in [0.4, 0.5) is 0 Å². The van der Waals surface area contributed by atoms with Crippen LogP contribution in [0.1, 0.15) is 63.7 Å². The Hall–Kier alpha value is -1.88. The van der Waals surface area contributed by atoms with Crippen LogP contribution in [-0.4, -0.2) is 41.5 Å². The molecule has 33 heavy (non-hydrogen) atoms. The summed E-state index contributed by atoms with van der Waals surface area (Å²) >= 11 is 1.39. The summed E-state index contributed by atoms with van der Waals surface area (Å²) in [6, 6.07) is -0.400. The van der Waals surface area contributed by atoms with E-state index in [2.05, 4.69) is 10.3 Å². The van der Waals surface area contributed by atoms with Gasteiger partial charge in [-0.3, -0.25) is 14.4 Å². The molecule has 1 aromatic rings. The van der Waals surface area contributed by atoms with Gasteiger partial charge in [0.2, 0.25) is 11.0 Å². The molecule has 3 heterocycles. The summed E-state index contributed by atoms with van der Waals surface area (Å²) in [6.45, 7) is 6.78. The first kappa shape index (κ1) is 25.7. The Morgan fingerprint density at radius 3 is 2.58 bits per heavy atom. The summed E-state index contributed by atoms with van der Waals surface area (Å²) in [6.07, 6.45) is 8.82. The fourth-order valence-electron chi connectivity index (χ4n) is 3.86. The molecule has 10 heteroatoms. The molecule has 2 N–H and O–H groups in total. The number of nitrogens with one attached hydrogen (secondary N) is 1. The van der Waals surface area contributed by atoms with Gasteiger partial charge in [-0.2, -0.15) is 0 Å². The molecule has 7 nitrogen and oxygen atoms in total. The SMILES string of the molecule is C/C1=C\C(C)C(=O)/C=C/C=C\c2csc(n2)C(C)NC(=O)CC2(CC1)S(=O)SC(=O)C2(C)O. The number of allylic oxidation sites excluding steroid dienone is 5. The van der Waals surface area contributed by atoms with E-state index in [9.17, 15) is 23.7 Å². The number of aromatic nitrogens is 1. The Bertz CT molecular complexity index is 1070. The minimum absolute atomic E-state index is 0.0658. The largest absolute Gasteiger partial charge is 0.380 e. The molecule has 2 bridgehead atoms. The van der Waals surface area contributed by atoms with Crippen LogP contribution < -0.4 is 5.32 Å². The van der Waals surface area contributed by atoms with Crippen molar-refractivity contribution >= 4 is 54.8 Å². The first-order valence-corrected chi connectivity index (χ1v) is 14.0. The van der Waals surface area contributed by atoms with Gasteiger partial charge in [0.1, 0.15) is 15.4 Å². The van der Waals surface area contributed by atoms with E-state index in [0.717, 1.165) is 5.57 Å². The molecule has 5 unspecified atom stereocenters. The smallest absolute Gasteiger partial charge is 0.234 e. The lowest BCUT2D eigenvalue weighted by Crippen LogP contribution is -2.55. The van der Waals surface area contributed by atoms with Gasteiger partial charge in [0.05, 0.1) is 21.6 Å². The Morgan fingerprint density at radius 1 is 1.21 bits per heavy atom. The standard InChI is InChI=1S/C23H28N2O5S3/c1-14-9-10-23(22(4,29)21(28)32-33(23)30)12-19(27)24-16(3)20-25-17(13-31-20)7-5-6-8-18(26)15(2)11-14/h5-8,11,13,15-16,29H,9-10,12H2,1-4H3,(H,24,27)/b7-5-,8-6+,14-11+. The minimum Gasteiger partial charge on any atom is -0.380 e. The first-order valence-electron chi connectivity index (χ1n) is 10.6. The van der Waals surface area contributed by atoms with E-state index >= 15 is 0 Å². The van der Waals surface area contributed by atoms with Crippen LogP contribution in [0.15, 0.2) is 35.3 Å². The molecule has 3 rings (SSSR count). The Morgan fingerprint density at radius 2 is 1.91 bits per heavy atom. The predicted octanol–water partition coefficient (Wildman–Crippen LogP) is 3.65. The van der Waals surface area contributed by atoms with E-state index < -0.39 is 37.2 Å². The fraction of sp³-hybridized carbons (Fsp3) is 0.478. The molecule has 178 valence electrons. The first-order chi connectivity index (χ1) is 15.5. The van der Waals surface area contributed by atoms with Gasteiger partial charge in [0.15, 0.2) is 5.78 Å². The molecule has 2 aliphatic heterocycles. The molecule has 1 fully saturated rings. The summed E-state index contributed by atoms with van der Waals surface area (Å²) in [5, 5.41) is 15.9. The highest BCUT2D eigenvalue weighted by Gasteiger charge is 2.63. The van der Waals surface area contributed by atoms with Gasteiger partial charge < -0.3 is 10.4 Å². The summed E-state index contributed by atoms with van der Waals surface area (Å²) < 4.78 is 11.6. The lowest BCUT2D eigenvalue weighted by atomic mass is 9.81. The highest BCUT2D eigenvalue weighted by Crippen LogP contribution is 2.50. The number of carbonyl (C=O) groups is 3. The molecular formula is C23H28N2O5S3. The predicted molar refractivity (Wildman–Crippen MR) is 133 cm³/mol. The van der Waals surface area contributed by atoms with Crippen molar-refractivity contribution in [3.05, 3.63) is 46.0 Å². The van der Waals surface area contributed by atoms with Crippen molar-refractivity contribution in [3.8, 4) is 0 Å². The third kappa shape index (κ3) is 5.45. The number of amides is 1. The molecule has 0 aromatic carbocycles. The normalized spacial score (nSPS) is 37.7. The molecule has 5 atom stereocenters. The third-order valence-corrected chi connectivity index (χ3v) is 11.0. The van der Waals surface area contributed by atoms with E-state index in [0.29, 0.717) is 27.9 Å². The molecule has 0 saturated carbocycles. The van der Waals surface area contributed by atoms with Gasteiger partial charge in [-0.15, -0.1) is 11.3 Å². The maximum Gasteiger partial charge on any atom is 0.234 e. The van der Waals surface area contributed by atoms with Crippen LogP contribution in [0.2, 0.25) is 0 Å². The summed E-state index contributed by atoms with van der Waals surface area (Å²) in [7, 11) is -1.22. The zero-order valence-corrected chi connectivity index (χ0v) is 21.4. The Kier molecular flexibility index (Phi) is 7.93. The minimum atomic E-state index is -1.92. The number of rotatable bonds is 0. The topological polar surface area (TPSA) is 113 Å². The van der Waals surface area contributed by atoms with Gasteiger partial charge in [0, 0.05) is 28.5 Å². The quantitative estimate of drug-likeness (QED) is 0.406. The van der Waals surface area contributed by atoms with Crippen LogP contribution in [0, 0.1) is 5.92 Å². The number of thiazole rings is 1. The summed E-state index contributed by atoms with van der Waals surface area (Å²) in [5.41, 5.74) is -0.357. The van der Waals surface area contributed by atoms with Crippen molar-refractivity contribution in [1.29, 1.82) is 0 Å². The van der Waals surface area contributed by atoms with Crippen LogP contribution in [0.25, 0.3) is 6.08 Å². The number of aliphatic hydroxyl groups is 1. The molecule has 0 radical (unpaired) electrons. The third-order valence-electron chi connectivity index (χ3n) is 6.03.